The first-order chi connectivity index (χ1) is 7.29. The van der Waals surface area contributed by atoms with Gasteiger partial charge in [0, 0.05) is 6.07 Å². The van der Waals surface area contributed by atoms with E-state index in [1.807, 2.05) is 12.1 Å². The third kappa shape index (κ3) is 2.48. The Morgan fingerprint density at radius 2 is 2.40 bits per heavy atom. The zero-order valence-electron chi connectivity index (χ0n) is 8.92. The topological polar surface area (TPSA) is 21.3 Å². The second kappa shape index (κ2) is 4.62. The van der Waals surface area contributed by atoms with Gasteiger partial charge in [-0.25, -0.2) is 4.39 Å². The van der Waals surface area contributed by atoms with Crippen molar-refractivity contribution in [3.63, 3.8) is 0 Å². The molecule has 82 valence electrons. The molecule has 0 aromatic heterocycles. The molecule has 0 bridgehead atoms. The number of benzene rings is 1. The van der Waals surface area contributed by atoms with Crippen molar-refractivity contribution in [2.45, 2.75) is 12.8 Å². The van der Waals surface area contributed by atoms with Crippen LogP contribution < -0.4 is 10.1 Å². The maximum atomic E-state index is 13.6. The molecule has 1 saturated heterocycles. The normalized spacial score (nSPS) is 20.5. The number of hydrogen-bond donors (Lipinski definition) is 1. The number of rotatable bonds is 3. The highest BCUT2D eigenvalue weighted by Gasteiger charge is 2.16. The molecular formula is C12H16FNO. The summed E-state index contributed by atoms with van der Waals surface area (Å²) in [5, 5.41) is 3.29. The third-order valence-electron chi connectivity index (χ3n) is 2.93. The van der Waals surface area contributed by atoms with Gasteiger partial charge in [-0.3, -0.25) is 0 Å². The van der Waals surface area contributed by atoms with Gasteiger partial charge < -0.3 is 10.1 Å². The van der Waals surface area contributed by atoms with E-state index in [1.165, 1.54) is 6.07 Å². The predicted octanol–water partition coefficient (Wildman–Crippen LogP) is 1.99. The van der Waals surface area contributed by atoms with Gasteiger partial charge in [0.1, 0.15) is 11.6 Å². The van der Waals surface area contributed by atoms with Gasteiger partial charge in [0.25, 0.3) is 0 Å². The van der Waals surface area contributed by atoms with Gasteiger partial charge in [-0.1, -0.05) is 6.07 Å². The summed E-state index contributed by atoms with van der Waals surface area (Å²) in [6.45, 7) is 2.06. The zero-order chi connectivity index (χ0) is 10.7. The molecule has 1 aliphatic heterocycles. The highest BCUT2D eigenvalue weighted by molar-refractivity contribution is 5.29. The average molecular weight is 209 g/mol. The number of methoxy groups -OCH3 is 1. The molecule has 1 N–H and O–H groups in total. The minimum Gasteiger partial charge on any atom is -0.497 e. The van der Waals surface area contributed by atoms with Crippen LogP contribution in [0.3, 0.4) is 0 Å². The van der Waals surface area contributed by atoms with Crippen LogP contribution in [0.25, 0.3) is 0 Å². The van der Waals surface area contributed by atoms with E-state index in [0.29, 0.717) is 11.7 Å². The highest BCUT2D eigenvalue weighted by atomic mass is 19.1. The second-order valence-electron chi connectivity index (χ2n) is 4.02. The van der Waals surface area contributed by atoms with Crippen molar-refractivity contribution >= 4 is 0 Å². The molecule has 0 saturated carbocycles. The summed E-state index contributed by atoms with van der Waals surface area (Å²) in [7, 11) is 1.55. The minimum atomic E-state index is -0.152. The van der Waals surface area contributed by atoms with E-state index in [2.05, 4.69) is 5.32 Å². The lowest BCUT2D eigenvalue weighted by atomic mass is 9.98. The Hall–Kier alpha value is -1.09. The molecule has 2 nitrogen and oxygen atoms in total. The number of hydrogen-bond acceptors (Lipinski definition) is 2. The van der Waals surface area contributed by atoms with Crippen LogP contribution in [0.5, 0.6) is 5.75 Å². The minimum absolute atomic E-state index is 0.152. The Kier molecular flexibility index (Phi) is 3.21. The molecule has 1 aliphatic rings. The summed E-state index contributed by atoms with van der Waals surface area (Å²) < 4.78 is 18.6. The van der Waals surface area contributed by atoms with E-state index in [4.69, 9.17) is 4.74 Å². The number of ether oxygens (including phenoxy) is 1. The monoisotopic (exact) mass is 209 g/mol. The van der Waals surface area contributed by atoms with E-state index in [-0.39, 0.29) is 5.82 Å². The molecule has 0 radical (unpaired) electrons. The summed E-state index contributed by atoms with van der Waals surface area (Å²) >= 11 is 0. The molecule has 3 heteroatoms. The molecule has 15 heavy (non-hydrogen) atoms. The summed E-state index contributed by atoms with van der Waals surface area (Å²) in [5.41, 5.74) is 0.796. The van der Waals surface area contributed by atoms with Gasteiger partial charge in [0.15, 0.2) is 0 Å². The van der Waals surface area contributed by atoms with E-state index in [9.17, 15) is 4.39 Å². The van der Waals surface area contributed by atoms with Gasteiger partial charge in [-0.2, -0.15) is 0 Å². The quantitative estimate of drug-likeness (QED) is 0.822. The molecule has 0 spiro atoms. The van der Waals surface area contributed by atoms with Crippen LogP contribution >= 0.6 is 0 Å². The van der Waals surface area contributed by atoms with Gasteiger partial charge in [0.2, 0.25) is 0 Å². The van der Waals surface area contributed by atoms with Gasteiger partial charge in [0.05, 0.1) is 7.11 Å². The lowest BCUT2D eigenvalue weighted by Gasteiger charge is -2.10. The molecule has 1 fully saturated rings. The number of halogens is 1. The van der Waals surface area contributed by atoms with E-state index < -0.39 is 0 Å². The van der Waals surface area contributed by atoms with Crippen LogP contribution in [-0.4, -0.2) is 20.2 Å². The van der Waals surface area contributed by atoms with Crippen LogP contribution in [0, 0.1) is 11.7 Å². The molecule has 1 heterocycles. The molecule has 1 atom stereocenters. The molecule has 0 amide bonds. The van der Waals surface area contributed by atoms with Crippen LogP contribution in [0.15, 0.2) is 18.2 Å². The summed E-state index contributed by atoms with van der Waals surface area (Å²) in [6.07, 6.45) is 1.97. The summed E-state index contributed by atoms with van der Waals surface area (Å²) in [6, 6.07) is 5.10. The van der Waals surface area contributed by atoms with Crippen molar-refractivity contribution in [3.8, 4) is 5.75 Å². The van der Waals surface area contributed by atoms with Crippen molar-refractivity contribution in [2.75, 3.05) is 20.2 Å². The van der Waals surface area contributed by atoms with Crippen molar-refractivity contribution in [3.05, 3.63) is 29.6 Å². The maximum Gasteiger partial charge on any atom is 0.130 e. The SMILES string of the molecule is COc1ccc(CC2CCNC2)c(F)c1. The zero-order valence-corrected chi connectivity index (χ0v) is 8.92. The van der Waals surface area contributed by atoms with Gasteiger partial charge >= 0.3 is 0 Å². The fourth-order valence-electron chi connectivity index (χ4n) is 2.02. The molecule has 1 unspecified atom stereocenters. The van der Waals surface area contributed by atoms with Crippen LogP contribution in [0.1, 0.15) is 12.0 Å². The summed E-state index contributed by atoms with van der Waals surface area (Å²) in [4.78, 5) is 0. The fourth-order valence-corrected chi connectivity index (χ4v) is 2.02. The van der Waals surface area contributed by atoms with Crippen molar-refractivity contribution in [1.82, 2.24) is 5.32 Å². The van der Waals surface area contributed by atoms with Crippen molar-refractivity contribution in [2.24, 2.45) is 5.92 Å². The average Bonchev–Trinajstić information content (AvgIpc) is 2.74. The first kappa shape index (κ1) is 10.4. The lowest BCUT2D eigenvalue weighted by Crippen LogP contribution is -2.11. The smallest absolute Gasteiger partial charge is 0.130 e. The first-order valence-electron chi connectivity index (χ1n) is 5.32. The Morgan fingerprint density at radius 1 is 1.53 bits per heavy atom. The second-order valence-corrected chi connectivity index (χ2v) is 4.02. The van der Waals surface area contributed by atoms with Crippen LogP contribution in [-0.2, 0) is 6.42 Å². The van der Waals surface area contributed by atoms with Crippen molar-refractivity contribution < 1.29 is 9.13 Å². The Balaban J connectivity index is 2.07. The van der Waals surface area contributed by atoms with Crippen LogP contribution in [0.2, 0.25) is 0 Å². The molecular weight excluding hydrogens is 193 g/mol. The number of nitrogens with one attached hydrogen (secondary N) is 1. The first-order valence-corrected chi connectivity index (χ1v) is 5.32. The largest absolute Gasteiger partial charge is 0.497 e. The van der Waals surface area contributed by atoms with Crippen LogP contribution in [0.4, 0.5) is 4.39 Å². The van der Waals surface area contributed by atoms with E-state index in [0.717, 1.165) is 31.5 Å². The lowest BCUT2D eigenvalue weighted by molar-refractivity contribution is 0.410. The standard InChI is InChI=1S/C12H16FNO/c1-15-11-3-2-10(12(13)7-11)6-9-4-5-14-8-9/h2-3,7,9,14H,4-6,8H2,1H3. The fraction of sp³-hybridized carbons (Fsp3) is 0.500. The Morgan fingerprint density at radius 3 is 3.00 bits per heavy atom. The molecule has 0 aliphatic carbocycles. The Bertz CT molecular complexity index is 334. The Labute approximate surface area is 89.4 Å². The maximum absolute atomic E-state index is 13.6. The molecule has 1 aromatic rings. The van der Waals surface area contributed by atoms with Gasteiger partial charge in [-0.05, 0) is 43.5 Å². The van der Waals surface area contributed by atoms with Crippen molar-refractivity contribution in [1.29, 1.82) is 0 Å². The highest BCUT2D eigenvalue weighted by Crippen LogP contribution is 2.21. The van der Waals surface area contributed by atoms with E-state index in [1.54, 1.807) is 7.11 Å². The predicted molar refractivity (Wildman–Crippen MR) is 57.6 cm³/mol. The molecule has 2 rings (SSSR count). The van der Waals surface area contributed by atoms with Gasteiger partial charge in [-0.15, -0.1) is 0 Å². The van der Waals surface area contributed by atoms with E-state index >= 15 is 0 Å². The molecule has 1 aromatic carbocycles. The summed E-state index contributed by atoms with van der Waals surface area (Å²) in [5.74, 6) is 1.01. The third-order valence-corrected chi connectivity index (χ3v) is 2.93.